The number of aliphatic carboxylic acids is 2. The van der Waals surface area contributed by atoms with E-state index in [2.05, 4.69) is 79.7 Å². The lowest BCUT2D eigenvalue weighted by molar-refractivity contribution is -0.436. The van der Waals surface area contributed by atoms with Gasteiger partial charge >= 0.3 is 5.97 Å². The summed E-state index contributed by atoms with van der Waals surface area (Å²) in [5.41, 5.74) is 8.02. The van der Waals surface area contributed by atoms with Crippen LogP contribution in [0.4, 0.5) is 11.4 Å². The van der Waals surface area contributed by atoms with Crippen molar-refractivity contribution in [3.8, 4) is 0 Å². The first-order valence-corrected chi connectivity index (χ1v) is 15.3. The van der Waals surface area contributed by atoms with Gasteiger partial charge in [0, 0.05) is 58.5 Å². The van der Waals surface area contributed by atoms with Crippen LogP contribution in [0.2, 0.25) is 0 Å². The van der Waals surface area contributed by atoms with Gasteiger partial charge in [0.2, 0.25) is 5.69 Å². The maximum Gasteiger partial charge on any atom is 0.309 e. The zero-order valence-corrected chi connectivity index (χ0v) is 26.1. The number of carbonyl (C=O) groups excluding carboxylic acids is 1. The van der Waals surface area contributed by atoms with Crippen molar-refractivity contribution in [3.05, 3.63) is 106 Å². The molecule has 0 amide bonds. The quantitative estimate of drug-likeness (QED) is 0.332. The van der Waals surface area contributed by atoms with Crippen molar-refractivity contribution in [1.82, 2.24) is 0 Å². The molecule has 0 atom stereocenters. The second-order valence-electron chi connectivity index (χ2n) is 12.5. The number of hydrogen-bond acceptors (Lipinski definition) is 4. The average molecular weight is 599 g/mol. The Morgan fingerprint density at radius 3 is 2.37 bits per heavy atom. The van der Waals surface area contributed by atoms with Gasteiger partial charge in [0.1, 0.15) is 6.42 Å². The van der Waals surface area contributed by atoms with Crippen molar-refractivity contribution in [2.24, 2.45) is 0 Å². The van der Waals surface area contributed by atoms with Crippen LogP contribution in [0.1, 0.15) is 70.9 Å². The number of carbonyl (C=O) groups is 2. The first-order valence-electron chi connectivity index (χ1n) is 14.9. The van der Waals surface area contributed by atoms with Crippen molar-refractivity contribution in [2.45, 2.75) is 70.6 Å². The molecule has 2 heterocycles. The Kier molecular flexibility index (Phi) is 8.53. The fourth-order valence-electron chi connectivity index (χ4n) is 6.74. The first-order chi connectivity index (χ1) is 20.4. The van der Waals surface area contributed by atoms with Gasteiger partial charge < -0.3 is 19.9 Å². The van der Waals surface area contributed by atoms with Gasteiger partial charge in [-0.25, -0.2) is 0 Å². The minimum atomic E-state index is -1.07. The molecule has 0 spiro atoms. The van der Waals surface area contributed by atoms with Crippen LogP contribution >= 0.6 is 11.6 Å². The highest BCUT2D eigenvalue weighted by atomic mass is 35.5. The summed E-state index contributed by atoms with van der Waals surface area (Å²) in [6, 6.07) is 16.3. The van der Waals surface area contributed by atoms with Gasteiger partial charge in [0.05, 0.1) is 5.41 Å². The Labute approximate surface area is 259 Å². The number of allylic oxidation sites excluding steroid dienone is 8. The number of carboxylic acids is 2. The number of carboxylic acid groups (broad SMARTS) is 2. The number of benzene rings is 2. The van der Waals surface area contributed by atoms with Gasteiger partial charge in [0.25, 0.3) is 0 Å². The summed E-state index contributed by atoms with van der Waals surface area (Å²) >= 11 is 7.05. The SMILES string of the molecule is CC1(C)C(/C=C/C2=C(Cl)C(=C/C=C3/N(CCC(=O)[O-])c4ccccc4C3(C)C)/CCC2)=[N+](CCC(=O)O)c2ccccc21. The van der Waals surface area contributed by atoms with E-state index in [1.165, 1.54) is 5.56 Å². The molecular formula is C36H39ClN2O4. The molecular weight excluding hydrogens is 560 g/mol. The molecule has 2 aromatic carbocycles. The van der Waals surface area contributed by atoms with E-state index in [4.69, 9.17) is 11.6 Å². The average Bonchev–Trinajstić information content (AvgIpc) is 3.32. The number of nitrogens with zero attached hydrogens (tertiary/aromatic N) is 2. The summed E-state index contributed by atoms with van der Waals surface area (Å²) in [4.78, 5) is 24.9. The molecule has 0 unspecified atom stereocenters. The molecule has 2 aliphatic heterocycles. The molecule has 0 bridgehead atoms. The molecule has 3 aliphatic rings. The highest BCUT2D eigenvalue weighted by Crippen LogP contribution is 2.48. The Morgan fingerprint density at radius 1 is 0.953 bits per heavy atom. The highest BCUT2D eigenvalue weighted by Gasteiger charge is 2.44. The smallest absolute Gasteiger partial charge is 0.309 e. The fraction of sp³-hybridized carbons (Fsp3) is 0.361. The van der Waals surface area contributed by atoms with Crippen LogP contribution < -0.4 is 10.0 Å². The molecule has 1 N–H and O–H groups in total. The standard InChI is InChI=1S/C36H39ClN2O4/c1-35(2)26-12-5-7-14-28(26)38(22-20-32(40)41)30(35)18-16-24-10-9-11-25(34(24)37)17-19-31-36(3,4)27-13-6-8-15-29(27)39(31)23-21-33(42)43/h5-8,12-19H,9-11,20-23H2,1-4H3,(H-,40,41,42,43). The van der Waals surface area contributed by atoms with Crippen LogP contribution in [-0.4, -0.2) is 40.4 Å². The van der Waals surface area contributed by atoms with E-state index in [0.29, 0.717) is 13.1 Å². The summed E-state index contributed by atoms with van der Waals surface area (Å²) in [6.07, 6.45) is 11.1. The monoisotopic (exact) mass is 598 g/mol. The van der Waals surface area contributed by atoms with E-state index in [9.17, 15) is 19.8 Å². The van der Waals surface area contributed by atoms with Crippen LogP contribution in [0.5, 0.6) is 0 Å². The van der Waals surface area contributed by atoms with E-state index in [1.54, 1.807) is 0 Å². The van der Waals surface area contributed by atoms with E-state index in [0.717, 1.165) is 63.8 Å². The minimum absolute atomic E-state index is 0.0486. The lowest BCUT2D eigenvalue weighted by Gasteiger charge is -2.27. The molecule has 6 nitrogen and oxygen atoms in total. The van der Waals surface area contributed by atoms with Gasteiger partial charge in [-0.2, -0.15) is 4.58 Å². The molecule has 43 heavy (non-hydrogen) atoms. The summed E-state index contributed by atoms with van der Waals surface area (Å²) in [5.74, 6) is -1.89. The lowest BCUT2D eigenvalue weighted by Crippen LogP contribution is -2.31. The van der Waals surface area contributed by atoms with E-state index in [1.807, 2.05) is 30.3 Å². The summed E-state index contributed by atoms with van der Waals surface area (Å²) in [6.45, 7) is 9.41. The second kappa shape index (κ2) is 12.0. The van der Waals surface area contributed by atoms with Crippen LogP contribution in [-0.2, 0) is 20.4 Å². The Bertz CT molecular complexity index is 1620. The van der Waals surface area contributed by atoms with Crippen LogP contribution in [0.3, 0.4) is 0 Å². The molecule has 0 fully saturated rings. The van der Waals surface area contributed by atoms with E-state index in [-0.39, 0.29) is 23.7 Å². The Morgan fingerprint density at radius 2 is 1.65 bits per heavy atom. The summed E-state index contributed by atoms with van der Waals surface area (Å²) in [7, 11) is 0. The van der Waals surface area contributed by atoms with Crippen molar-refractivity contribution in [3.63, 3.8) is 0 Å². The molecule has 224 valence electrons. The predicted octanol–water partition coefficient (Wildman–Crippen LogP) is 6.52. The van der Waals surface area contributed by atoms with Gasteiger partial charge in [-0.1, -0.05) is 74.0 Å². The largest absolute Gasteiger partial charge is 0.550 e. The second-order valence-corrected chi connectivity index (χ2v) is 12.9. The van der Waals surface area contributed by atoms with Gasteiger partial charge in [-0.3, -0.25) is 4.79 Å². The van der Waals surface area contributed by atoms with Crippen LogP contribution in [0, 0.1) is 0 Å². The van der Waals surface area contributed by atoms with Crippen molar-refractivity contribution >= 4 is 40.6 Å². The predicted molar refractivity (Wildman–Crippen MR) is 170 cm³/mol. The van der Waals surface area contributed by atoms with Crippen LogP contribution in [0.15, 0.2) is 94.7 Å². The zero-order chi connectivity index (χ0) is 30.9. The Hall–Kier alpha value is -3.90. The fourth-order valence-corrected chi connectivity index (χ4v) is 7.06. The highest BCUT2D eigenvalue weighted by molar-refractivity contribution is 6.32. The lowest BCUT2D eigenvalue weighted by atomic mass is 9.81. The number of fused-ring (bicyclic) bond motifs is 2. The molecule has 0 aromatic heterocycles. The maximum absolute atomic E-state index is 11.4. The topological polar surface area (TPSA) is 83.7 Å². The summed E-state index contributed by atoms with van der Waals surface area (Å²) in [5, 5.41) is 21.5. The van der Waals surface area contributed by atoms with Gasteiger partial charge in [-0.05, 0) is 62.0 Å². The number of hydrogen-bond donors (Lipinski definition) is 1. The molecule has 2 aromatic rings. The van der Waals surface area contributed by atoms with Gasteiger partial charge in [-0.15, -0.1) is 0 Å². The third kappa shape index (κ3) is 5.85. The minimum Gasteiger partial charge on any atom is -0.550 e. The van der Waals surface area contributed by atoms with E-state index >= 15 is 0 Å². The molecule has 7 heteroatoms. The summed E-state index contributed by atoms with van der Waals surface area (Å²) < 4.78 is 2.12. The molecule has 0 saturated carbocycles. The zero-order valence-electron chi connectivity index (χ0n) is 25.3. The van der Waals surface area contributed by atoms with Crippen molar-refractivity contribution < 1.29 is 24.4 Å². The van der Waals surface area contributed by atoms with Crippen molar-refractivity contribution in [2.75, 3.05) is 18.0 Å². The first kappa shape index (κ1) is 30.6. The van der Waals surface area contributed by atoms with Crippen LogP contribution in [0.25, 0.3) is 0 Å². The molecule has 1 aliphatic carbocycles. The number of halogens is 1. The normalized spacial score (nSPS) is 20.8. The Balaban J connectivity index is 1.49. The van der Waals surface area contributed by atoms with Crippen molar-refractivity contribution in [1.29, 1.82) is 0 Å². The molecule has 0 radical (unpaired) electrons. The third-order valence-corrected chi connectivity index (χ3v) is 9.51. The van der Waals surface area contributed by atoms with Gasteiger partial charge in [0.15, 0.2) is 12.3 Å². The third-order valence-electron chi connectivity index (χ3n) is 9.03. The van der Waals surface area contributed by atoms with E-state index < -0.39 is 11.9 Å². The number of rotatable bonds is 9. The molecule has 0 saturated heterocycles. The number of para-hydroxylation sites is 2. The maximum atomic E-state index is 11.4. The number of anilines is 1. The molecule has 5 rings (SSSR count).